The Labute approximate surface area is 173 Å². The number of carbonyl (C=O) groups is 2. The van der Waals surface area contributed by atoms with Gasteiger partial charge in [-0.15, -0.1) is 11.3 Å². The number of esters is 1. The number of anilines is 2. The van der Waals surface area contributed by atoms with Crippen LogP contribution in [-0.2, 0) is 14.8 Å². The number of rotatable bonds is 6. The second kappa shape index (κ2) is 8.22. The van der Waals surface area contributed by atoms with E-state index in [9.17, 15) is 18.0 Å². The van der Waals surface area contributed by atoms with Gasteiger partial charge in [-0.2, -0.15) is 0 Å². The molecule has 3 aromatic rings. The Morgan fingerprint density at radius 1 is 1.10 bits per heavy atom. The fourth-order valence-electron chi connectivity index (χ4n) is 2.63. The van der Waals surface area contributed by atoms with Crippen LogP contribution in [-0.4, -0.2) is 40.2 Å². The number of hydrogen-bond acceptors (Lipinski definition) is 6. The molecule has 0 aliphatic heterocycles. The number of thiophene rings is 1. The third kappa shape index (κ3) is 4.75. The van der Waals surface area contributed by atoms with Gasteiger partial charge in [-0.05, 0) is 60.8 Å². The lowest BCUT2D eigenvalue weighted by molar-refractivity contribution is 0.0526. The summed E-state index contributed by atoms with van der Waals surface area (Å²) in [6, 6.07) is 13.4. The van der Waals surface area contributed by atoms with E-state index in [1.165, 1.54) is 22.7 Å². The molecule has 0 unspecified atom stereocenters. The maximum atomic E-state index is 12.6. The molecule has 29 heavy (non-hydrogen) atoms. The van der Waals surface area contributed by atoms with Gasteiger partial charge in [0.25, 0.3) is 5.91 Å². The first kappa shape index (κ1) is 20.8. The van der Waals surface area contributed by atoms with Crippen molar-refractivity contribution >= 4 is 54.7 Å². The summed E-state index contributed by atoms with van der Waals surface area (Å²) in [6.45, 7) is 2.03. The topological polar surface area (TPSA) is 92.8 Å². The van der Waals surface area contributed by atoms with E-state index in [1.807, 2.05) is 0 Å². The van der Waals surface area contributed by atoms with Crippen LogP contribution in [0, 0.1) is 0 Å². The number of carbonyl (C=O) groups excluding carboxylic acids is 2. The van der Waals surface area contributed by atoms with Gasteiger partial charge in [0, 0.05) is 17.4 Å². The van der Waals surface area contributed by atoms with E-state index in [2.05, 4.69) is 5.32 Å². The number of benzene rings is 2. The van der Waals surface area contributed by atoms with E-state index >= 15 is 0 Å². The lowest BCUT2D eigenvalue weighted by Crippen LogP contribution is -2.24. The number of amides is 1. The van der Waals surface area contributed by atoms with E-state index in [0.717, 1.165) is 16.3 Å². The van der Waals surface area contributed by atoms with Gasteiger partial charge in [0.05, 0.1) is 29.0 Å². The highest BCUT2D eigenvalue weighted by Gasteiger charge is 2.15. The summed E-state index contributed by atoms with van der Waals surface area (Å²) in [6.07, 6.45) is 1.14. The monoisotopic (exact) mass is 432 g/mol. The van der Waals surface area contributed by atoms with Crippen molar-refractivity contribution in [1.82, 2.24) is 0 Å². The number of hydrogen-bond donors (Lipinski definition) is 1. The lowest BCUT2D eigenvalue weighted by atomic mass is 10.2. The predicted molar refractivity (Wildman–Crippen MR) is 115 cm³/mol. The minimum Gasteiger partial charge on any atom is -0.462 e. The minimum atomic E-state index is -3.36. The van der Waals surface area contributed by atoms with Crippen molar-refractivity contribution in [1.29, 1.82) is 0 Å². The maximum absolute atomic E-state index is 12.6. The number of sulfonamides is 1. The fraction of sp³-hybridized carbons (Fsp3) is 0.200. The standard InChI is InChI=1S/C20H20N2O5S2/c1-4-27-20(24)13-5-7-15(8-6-13)21-19(23)18-12-14-11-16(9-10-17(14)28-18)22(2)29(3,25)26/h5-12H,4H2,1-3H3,(H,21,23). The summed E-state index contributed by atoms with van der Waals surface area (Å²) in [5, 5.41) is 3.58. The molecule has 3 rings (SSSR count). The summed E-state index contributed by atoms with van der Waals surface area (Å²) in [5.74, 6) is -0.696. The van der Waals surface area contributed by atoms with Crippen molar-refractivity contribution in [2.24, 2.45) is 0 Å². The molecule has 1 N–H and O–H groups in total. The SMILES string of the molecule is CCOC(=O)c1ccc(NC(=O)c2cc3cc(N(C)S(C)(=O)=O)ccc3s2)cc1. The normalized spacial score (nSPS) is 11.3. The van der Waals surface area contributed by atoms with Gasteiger partial charge in [-0.3, -0.25) is 9.10 Å². The molecule has 0 bridgehead atoms. The highest BCUT2D eigenvalue weighted by Crippen LogP contribution is 2.30. The smallest absolute Gasteiger partial charge is 0.338 e. The summed E-state index contributed by atoms with van der Waals surface area (Å²) in [4.78, 5) is 24.8. The average Bonchev–Trinajstić information content (AvgIpc) is 3.11. The molecule has 0 aliphatic rings. The molecule has 0 saturated heterocycles. The lowest BCUT2D eigenvalue weighted by Gasteiger charge is -2.16. The third-order valence-corrected chi connectivity index (χ3v) is 6.56. The Morgan fingerprint density at radius 3 is 2.41 bits per heavy atom. The molecule has 1 heterocycles. The molecule has 152 valence electrons. The minimum absolute atomic E-state index is 0.284. The quantitative estimate of drug-likeness (QED) is 0.599. The van der Waals surface area contributed by atoms with Crippen molar-refractivity contribution in [3.05, 3.63) is 59.0 Å². The second-order valence-corrected chi connectivity index (χ2v) is 9.41. The second-order valence-electron chi connectivity index (χ2n) is 6.32. The first-order valence-electron chi connectivity index (χ1n) is 8.75. The first-order chi connectivity index (χ1) is 13.7. The van der Waals surface area contributed by atoms with Crippen LogP contribution in [0.4, 0.5) is 11.4 Å². The van der Waals surface area contributed by atoms with Crippen LogP contribution in [0.15, 0.2) is 48.5 Å². The molecule has 9 heteroatoms. The molecular formula is C20H20N2O5S2. The van der Waals surface area contributed by atoms with Gasteiger partial charge in [-0.25, -0.2) is 13.2 Å². The van der Waals surface area contributed by atoms with E-state index < -0.39 is 16.0 Å². The summed E-state index contributed by atoms with van der Waals surface area (Å²) in [7, 11) is -1.88. The molecule has 0 fully saturated rings. The van der Waals surface area contributed by atoms with Crippen molar-refractivity contribution in [2.75, 3.05) is 29.5 Å². The zero-order chi connectivity index (χ0) is 21.2. The summed E-state index contributed by atoms with van der Waals surface area (Å²) >= 11 is 1.31. The van der Waals surface area contributed by atoms with Crippen molar-refractivity contribution in [3.63, 3.8) is 0 Å². The molecule has 0 radical (unpaired) electrons. The summed E-state index contributed by atoms with van der Waals surface area (Å²) < 4.78 is 30.4. The van der Waals surface area contributed by atoms with E-state index in [-0.39, 0.29) is 5.91 Å². The summed E-state index contributed by atoms with van der Waals surface area (Å²) in [5.41, 5.74) is 1.49. The van der Waals surface area contributed by atoms with Gasteiger partial charge in [-0.1, -0.05) is 0 Å². The van der Waals surface area contributed by atoms with Crippen LogP contribution >= 0.6 is 11.3 Å². The fourth-order valence-corrected chi connectivity index (χ4v) is 4.06. The van der Waals surface area contributed by atoms with Gasteiger partial charge >= 0.3 is 5.97 Å². The van der Waals surface area contributed by atoms with Gasteiger partial charge in [0.2, 0.25) is 10.0 Å². The van der Waals surface area contributed by atoms with Crippen molar-refractivity contribution in [3.8, 4) is 0 Å². The Kier molecular flexibility index (Phi) is 5.90. The molecule has 0 aliphatic carbocycles. The molecular weight excluding hydrogens is 412 g/mol. The number of ether oxygens (including phenoxy) is 1. The van der Waals surface area contributed by atoms with Gasteiger partial charge < -0.3 is 10.1 Å². The number of nitrogens with one attached hydrogen (secondary N) is 1. The largest absolute Gasteiger partial charge is 0.462 e. The molecule has 0 spiro atoms. The molecule has 7 nitrogen and oxygen atoms in total. The Balaban J connectivity index is 1.78. The van der Waals surface area contributed by atoms with E-state index in [4.69, 9.17) is 4.74 Å². The molecule has 1 aromatic heterocycles. The van der Waals surface area contributed by atoms with Crippen LogP contribution in [0.3, 0.4) is 0 Å². The maximum Gasteiger partial charge on any atom is 0.338 e. The number of fused-ring (bicyclic) bond motifs is 1. The Bertz CT molecular complexity index is 1170. The molecule has 0 atom stereocenters. The number of nitrogens with zero attached hydrogens (tertiary/aromatic N) is 1. The van der Waals surface area contributed by atoms with Crippen molar-refractivity contribution < 1.29 is 22.7 Å². The van der Waals surface area contributed by atoms with Crippen molar-refractivity contribution in [2.45, 2.75) is 6.92 Å². The third-order valence-electron chi connectivity index (χ3n) is 4.24. The Hall–Kier alpha value is -2.91. The zero-order valence-corrected chi connectivity index (χ0v) is 17.8. The van der Waals surface area contributed by atoms with Gasteiger partial charge in [0.15, 0.2) is 0 Å². The molecule has 1 amide bonds. The Morgan fingerprint density at radius 2 is 1.79 bits per heavy atom. The van der Waals surface area contributed by atoms with Gasteiger partial charge in [0.1, 0.15) is 0 Å². The molecule has 0 saturated carbocycles. The van der Waals surface area contributed by atoms with Crippen LogP contribution in [0.2, 0.25) is 0 Å². The van der Waals surface area contributed by atoms with E-state index in [1.54, 1.807) is 55.5 Å². The van der Waals surface area contributed by atoms with Crippen LogP contribution in [0.1, 0.15) is 27.0 Å². The zero-order valence-electron chi connectivity index (χ0n) is 16.1. The van der Waals surface area contributed by atoms with Crippen LogP contribution in [0.5, 0.6) is 0 Å². The van der Waals surface area contributed by atoms with E-state index in [0.29, 0.717) is 28.4 Å². The first-order valence-corrected chi connectivity index (χ1v) is 11.4. The predicted octanol–water partition coefficient (Wildman–Crippen LogP) is 3.73. The molecule has 2 aromatic carbocycles. The van der Waals surface area contributed by atoms with Crippen LogP contribution < -0.4 is 9.62 Å². The highest BCUT2D eigenvalue weighted by atomic mass is 32.2. The van der Waals surface area contributed by atoms with Crippen LogP contribution in [0.25, 0.3) is 10.1 Å². The highest BCUT2D eigenvalue weighted by molar-refractivity contribution is 7.92. The average molecular weight is 433 g/mol.